The minimum absolute atomic E-state index is 0.405. The van der Waals surface area contributed by atoms with Gasteiger partial charge in [0.2, 0.25) is 0 Å². The molecule has 0 aliphatic carbocycles. The molecule has 0 bridgehead atoms. The second kappa shape index (κ2) is 8.07. The average Bonchev–Trinajstić information content (AvgIpc) is 3.33. The Hall–Kier alpha value is -2.93. The number of rotatable bonds is 7. The fraction of sp³-hybridized carbons (Fsp3) is 0.435. The molecule has 4 heterocycles. The van der Waals surface area contributed by atoms with E-state index in [1.807, 2.05) is 13.1 Å². The lowest BCUT2D eigenvalue weighted by atomic mass is 9.89. The summed E-state index contributed by atoms with van der Waals surface area (Å²) in [6.07, 6.45) is 7.56. The lowest BCUT2D eigenvalue weighted by Gasteiger charge is -2.38. The summed E-state index contributed by atoms with van der Waals surface area (Å²) in [5, 5.41) is 8.61. The Bertz CT molecular complexity index is 1050. The number of nitrogens with zero attached hydrogens (tertiary/aromatic N) is 4. The zero-order chi connectivity index (χ0) is 20.5. The molecule has 5 rings (SSSR count). The smallest absolute Gasteiger partial charge is 0.185 e. The van der Waals surface area contributed by atoms with Crippen molar-refractivity contribution in [3.8, 4) is 0 Å². The second-order valence-electron chi connectivity index (χ2n) is 8.18. The Morgan fingerprint density at radius 1 is 1.33 bits per heavy atom. The minimum atomic E-state index is 0.405. The fourth-order valence-electron chi connectivity index (χ4n) is 5.24. The first-order valence-corrected chi connectivity index (χ1v) is 10.7. The molecule has 2 unspecified atom stereocenters. The number of anilines is 2. The molecule has 0 spiro atoms. The Balaban J connectivity index is 1.27. The van der Waals surface area contributed by atoms with Gasteiger partial charge in [-0.2, -0.15) is 0 Å². The standard InChI is InChI=1S/C23H27N5O2/c1-24-20-5-2-4-16-18-15-27(11-8-21(18)28(12-13-29)23(16)20)10-3-6-19-17-7-9-25-14-22(17)30-26-19/h2,4-5,7,9,13-14,18,21,24H,3,6,8,10-12,15H2,1H3. The molecule has 2 aliphatic rings. The van der Waals surface area contributed by atoms with Crippen molar-refractivity contribution in [2.75, 3.05) is 43.4 Å². The first kappa shape index (κ1) is 19.1. The molecule has 1 fully saturated rings. The highest BCUT2D eigenvalue weighted by Gasteiger charge is 2.42. The van der Waals surface area contributed by atoms with Crippen molar-refractivity contribution in [3.05, 3.63) is 47.9 Å². The number of hydrogen-bond donors (Lipinski definition) is 1. The number of aryl methyl sites for hydroxylation is 1. The number of carbonyl (C=O) groups excluding carboxylic acids is 1. The Morgan fingerprint density at radius 2 is 2.27 bits per heavy atom. The van der Waals surface area contributed by atoms with Crippen LogP contribution in [0.5, 0.6) is 0 Å². The summed E-state index contributed by atoms with van der Waals surface area (Å²) in [4.78, 5) is 20.3. The molecule has 7 nitrogen and oxygen atoms in total. The van der Waals surface area contributed by atoms with Gasteiger partial charge >= 0.3 is 0 Å². The maximum absolute atomic E-state index is 11.4. The molecular formula is C23H27N5O2. The Morgan fingerprint density at radius 3 is 3.13 bits per heavy atom. The summed E-state index contributed by atoms with van der Waals surface area (Å²) < 4.78 is 5.38. The van der Waals surface area contributed by atoms with Gasteiger partial charge in [0.15, 0.2) is 5.58 Å². The van der Waals surface area contributed by atoms with Crippen LogP contribution in [-0.4, -0.2) is 60.6 Å². The molecule has 7 heteroatoms. The van der Waals surface area contributed by atoms with E-state index in [1.165, 1.54) is 11.3 Å². The number of nitrogens with one attached hydrogen (secondary N) is 1. The van der Waals surface area contributed by atoms with Crippen LogP contribution in [0, 0.1) is 0 Å². The van der Waals surface area contributed by atoms with Crippen LogP contribution in [0.4, 0.5) is 11.4 Å². The van der Waals surface area contributed by atoms with Crippen LogP contribution in [0.25, 0.3) is 11.0 Å². The number of piperidine rings is 1. The fourth-order valence-corrected chi connectivity index (χ4v) is 5.24. The van der Waals surface area contributed by atoms with Gasteiger partial charge in [0.1, 0.15) is 6.29 Å². The van der Waals surface area contributed by atoms with E-state index in [4.69, 9.17) is 4.52 Å². The molecule has 1 N–H and O–H groups in total. The molecule has 0 saturated carbocycles. The van der Waals surface area contributed by atoms with E-state index in [0.717, 1.165) is 67.5 Å². The molecule has 1 aromatic carbocycles. The van der Waals surface area contributed by atoms with Gasteiger partial charge in [-0.25, -0.2) is 0 Å². The van der Waals surface area contributed by atoms with E-state index in [9.17, 15) is 4.79 Å². The third kappa shape index (κ3) is 3.23. The average molecular weight is 406 g/mol. The van der Waals surface area contributed by atoms with Crippen molar-refractivity contribution < 1.29 is 9.32 Å². The lowest BCUT2D eigenvalue weighted by molar-refractivity contribution is -0.106. The normalized spacial score (nSPS) is 20.9. The van der Waals surface area contributed by atoms with Gasteiger partial charge in [-0.05, 0) is 43.5 Å². The zero-order valence-electron chi connectivity index (χ0n) is 17.3. The summed E-state index contributed by atoms with van der Waals surface area (Å²) in [6, 6.07) is 8.84. The van der Waals surface area contributed by atoms with E-state index >= 15 is 0 Å². The molecule has 30 heavy (non-hydrogen) atoms. The summed E-state index contributed by atoms with van der Waals surface area (Å²) in [5.74, 6) is 0.445. The summed E-state index contributed by atoms with van der Waals surface area (Å²) in [5.41, 5.74) is 5.47. The van der Waals surface area contributed by atoms with Crippen LogP contribution < -0.4 is 10.2 Å². The zero-order valence-corrected chi connectivity index (χ0v) is 17.3. The Labute approximate surface area is 176 Å². The largest absolute Gasteiger partial charge is 0.386 e. The second-order valence-corrected chi connectivity index (χ2v) is 8.18. The SMILES string of the molecule is CNc1cccc2c1N(CC=O)C1CCN(CCCc3noc4cnccc34)CC21. The highest BCUT2D eigenvalue weighted by atomic mass is 16.5. The number of para-hydroxylation sites is 1. The number of pyridine rings is 1. The predicted molar refractivity (Wildman–Crippen MR) is 117 cm³/mol. The van der Waals surface area contributed by atoms with Crippen molar-refractivity contribution in [2.24, 2.45) is 0 Å². The third-order valence-electron chi connectivity index (χ3n) is 6.59. The molecule has 2 atom stereocenters. The number of carbonyl (C=O) groups is 1. The minimum Gasteiger partial charge on any atom is -0.386 e. The van der Waals surface area contributed by atoms with E-state index in [1.54, 1.807) is 12.4 Å². The van der Waals surface area contributed by atoms with Crippen molar-refractivity contribution in [1.29, 1.82) is 0 Å². The quantitative estimate of drug-likeness (QED) is 0.606. The van der Waals surface area contributed by atoms with Crippen LogP contribution >= 0.6 is 0 Å². The van der Waals surface area contributed by atoms with Crippen molar-refractivity contribution in [2.45, 2.75) is 31.2 Å². The molecule has 2 aromatic heterocycles. The van der Waals surface area contributed by atoms with Crippen molar-refractivity contribution in [3.63, 3.8) is 0 Å². The molecule has 0 radical (unpaired) electrons. The summed E-state index contributed by atoms with van der Waals surface area (Å²) in [7, 11) is 1.95. The predicted octanol–water partition coefficient (Wildman–Crippen LogP) is 3.07. The first-order valence-electron chi connectivity index (χ1n) is 10.7. The van der Waals surface area contributed by atoms with Gasteiger partial charge in [-0.3, -0.25) is 4.98 Å². The van der Waals surface area contributed by atoms with Crippen LogP contribution in [0.1, 0.15) is 30.0 Å². The van der Waals surface area contributed by atoms with Gasteiger partial charge < -0.3 is 24.4 Å². The van der Waals surface area contributed by atoms with Crippen molar-refractivity contribution >= 4 is 28.6 Å². The molecule has 2 aliphatic heterocycles. The highest BCUT2D eigenvalue weighted by molar-refractivity contribution is 5.81. The van der Waals surface area contributed by atoms with Gasteiger partial charge in [0, 0.05) is 43.7 Å². The number of fused-ring (bicyclic) bond motifs is 4. The monoisotopic (exact) mass is 405 g/mol. The molecule has 3 aromatic rings. The number of aromatic nitrogens is 2. The molecular weight excluding hydrogens is 378 g/mol. The van der Waals surface area contributed by atoms with Gasteiger partial charge in [0.05, 0.1) is 29.8 Å². The van der Waals surface area contributed by atoms with E-state index < -0.39 is 0 Å². The number of aldehydes is 1. The highest BCUT2D eigenvalue weighted by Crippen LogP contribution is 2.47. The third-order valence-corrected chi connectivity index (χ3v) is 6.59. The number of benzene rings is 1. The van der Waals surface area contributed by atoms with E-state index in [2.05, 4.69) is 43.5 Å². The topological polar surface area (TPSA) is 74.5 Å². The molecule has 1 saturated heterocycles. The van der Waals surface area contributed by atoms with E-state index in [-0.39, 0.29) is 0 Å². The van der Waals surface area contributed by atoms with Crippen LogP contribution in [0.3, 0.4) is 0 Å². The first-order chi connectivity index (χ1) is 14.8. The van der Waals surface area contributed by atoms with Crippen LogP contribution in [0.2, 0.25) is 0 Å². The van der Waals surface area contributed by atoms with E-state index in [0.29, 0.717) is 18.5 Å². The van der Waals surface area contributed by atoms with Crippen LogP contribution in [0.15, 0.2) is 41.2 Å². The van der Waals surface area contributed by atoms with Crippen LogP contribution in [-0.2, 0) is 11.2 Å². The Kier molecular flexibility index (Phi) is 5.12. The number of likely N-dealkylation sites (tertiary alicyclic amines) is 1. The maximum atomic E-state index is 11.4. The molecule has 0 amide bonds. The summed E-state index contributed by atoms with van der Waals surface area (Å²) in [6.45, 7) is 3.59. The molecule has 156 valence electrons. The lowest BCUT2D eigenvalue weighted by Crippen LogP contribution is -2.47. The van der Waals surface area contributed by atoms with Gasteiger partial charge in [0.25, 0.3) is 0 Å². The van der Waals surface area contributed by atoms with Gasteiger partial charge in [-0.15, -0.1) is 0 Å². The number of hydrogen-bond acceptors (Lipinski definition) is 7. The summed E-state index contributed by atoms with van der Waals surface area (Å²) >= 11 is 0. The van der Waals surface area contributed by atoms with Gasteiger partial charge in [-0.1, -0.05) is 17.3 Å². The van der Waals surface area contributed by atoms with Crippen molar-refractivity contribution in [1.82, 2.24) is 15.0 Å². The maximum Gasteiger partial charge on any atom is 0.185 e.